The maximum Gasteiger partial charge on any atom is 0.250 e. The Kier molecular flexibility index (Phi) is 4.38. The lowest BCUT2D eigenvalue weighted by atomic mass is 9.94. The largest absolute Gasteiger partial charge is 0.347 e. The smallest absolute Gasteiger partial charge is 0.250 e. The van der Waals surface area contributed by atoms with Gasteiger partial charge in [0.15, 0.2) is 5.79 Å². The predicted molar refractivity (Wildman–Crippen MR) is 80.9 cm³/mol. The number of nitrogens with one attached hydrogen (secondary N) is 1. The van der Waals surface area contributed by atoms with E-state index in [-0.39, 0.29) is 12.6 Å². The molecule has 0 amide bonds. The van der Waals surface area contributed by atoms with Gasteiger partial charge in [-0.25, -0.2) is 13.1 Å². The van der Waals surface area contributed by atoms with E-state index in [0.717, 1.165) is 30.6 Å². The van der Waals surface area contributed by atoms with Crippen molar-refractivity contribution in [3.63, 3.8) is 0 Å². The Morgan fingerprint density at radius 1 is 1.33 bits per heavy atom. The summed E-state index contributed by atoms with van der Waals surface area (Å²) in [4.78, 5) is 0.983. The molecular weight excluding hydrogens is 310 g/mol. The molecule has 21 heavy (non-hydrogen) atoms. The number of sulfonamides is 1. The lowest BCUT2D eigenvalue weighted by Gasteiger charge is -2.31. The molecule has 118 valence electrons. The lowest BCUT2D eigenvalue weighted by Crippen LogP contribution is -2.37. The summed E-state index contributed by atoms with van der Waals surface area (Å²) in [5.41, 5.74) is 0. The normalized spacial score (nSPS) is 25.5. The molecule has 0 radical (unpaired) electrons. The van der Waals surface area contributed by atoms with Crippen LogP contribution in [0.15, 0.2) is 16.3 Å². The quantitative estimate of drug-likeness (QED) is 0.920. The summed E-state index contributed by atoms with van der Waals surface area (Å²) in [7, 11) is -3.44. The van der Waals surface area contributed by atoms with Crippen molar-refractivity contribution in [1.29, 1.82) is 0 Å². The van der Waals surface area contributed by atoms with Crippen LogP contribution in [-0.2, 0) is 19.5 Å². The summed E-state index contributed by atoms with van der Waals surface area (Å²) >= 11 is 1.28. The molecule has 2 fully saturated rings. The zero-order chi connectivity index (χ0) is 14.9. The Morgan fingerprint density at radius 2 is 2.10 bits per heavy atom. The second-order valence-electron chi connectivity index (χ2n) is 5.74. The first-order valence-electron chi connectivity index (χ1n) is 7.37. The second-order valence-corrected chi connectivity index (χ2v) is 9.02. The first kappa shape index (κ1) is 15.4. The van der Waals surface area contributed by atoms with Gasteiger partial charge in [-0.15, -0.1) is 11.3 Å². The minimum absolute atomic E-state index is 0.195. The van der Waals surface area contributed by atoms with Gasteiger partial charge in [0.2, 0.25) is 10.0 Å². The van der Waals surface area contributed by atoms with E-state index in [0.29, 0.717) is 10.8 Å². The summed E-state index contributed by atoms with van der Waals surface area (Å²) in [6.07, 6.45) is 5.10. The van der Waals surface area contributed by atoms with E-state index in [1.54, 1.807) is 6.07 Å². The molecule has 0 unspecified atom stereocenters. The van der Waals surface area contributed by atoms with Crippen molar-refractivity contribution >= 4 is 21.4 Å². The molecule has 1 spiro atoms. The second kappa shape index (κ2) is 5.96. The van der Waals surface area contributed by atoms with Crippen LogP contribution in [0.2, 0.25) is 0 Å². The molecule has 1 aromatic heterocycles. The lowest BCUT2D eigenvalue weighted by molar-refractivity contribution is -0.186. The van der Waals surface area contributed by atoms with Crippen LogP contribution in [0.3, 0.4) is 0 Å². The van der Waals surface area contributed by atoms with Gasteiger partial charge in [-0.3, -0.25) is 0 Å². The molecule has 1 aromatic rings. The van der Waals surface area contributed by atoms with E-state index in [2.05, 4.69) is 4.72 Å². The average Bonchev–Trinajstić information content (AvgIpc) is 3.06. The Labute approximate surface area is 129 Å². The molecule has 1 N–H and O–H groups in total. The minimum atomic E-state index is -3.44. The number of aryl methyl sites for hydroxylation is 1. The minimum Gasteiger partial charge on any atom is -0.347 e. The highest BCUT2D eigenvalue weighted by Crippen LogP contribution is 2.37. The number of hydrogen-bond donors (Lipinski definition) is 1. The first-order valence-corrected chi connectivity index (χ1v) is 9.67. The summed E-state index contributed by atoms with van der Waals surface area (Å²) in [6.45, 7) is 2.62. The molecule has 1 saturated carbocycles. The van der Waals surface area contributed by atoms with Crippen molar-refractivity contribution < 1.29 is 17.9 Å². The fourth-order valence-electron chi connectivity index (χ4n) is 2.90. The Balaban J connectivity index is 1.56. The van der Waals surface area contributed by atoms with Gasteiger partial charge in [0.1, 0.15) is 4.21 Å². The molecule has 1 atom stereocenters. The SMILES string of the molecule is Cc1ccc(S(=O)(=O)NC[C@H]2COC3(CCCCC3)O2)s1. The number of ether oxygens (including phenoxy) is 2. The van der Waals surface area contributed by atoms with Crippen LogP contribution in [0.5, 0.6) is 0 Å². The zero-order valence-corrected chi connectivity index (χ0v) is 13.8. The summed E-state index contributed by atoms with van der Waals surface area (Å²) in [5, 5.41) is 0. The third-order valence-electron chi connectivity index (χ3n) is 4.01. The third kappa shape index (κ3) is 3.48. The third-order valence-corrected chi connectivity index (χ3v) is 6.93. The molecule has 2 aliphatic rings. The van der Waals surface area contributed by atoms with Crippen LogP contribution in [-0.4, -0.2) is 33.5 Å². The Hall–Kier alpha value is -0.470. The van der Waals surface area contributed by atoms with Gasteiger partial charge in [-0.05, 0) is 31.9 Å². The van der Waals surface area contributed by atoms with Crippen LogP contribution < -0.4 is 4.72 Å². The van der Waals surface area contributed by atoms with Gasteiger partial charge in [0.05, 0.1) is 12.7 Å². The molecule has 0 bridgehead atoms. The van der Waals surface area contributed by atoms with Crippen LogP contribution in [0.4, 0.5) is 0 Å². The van der Waals surface area contributed by atoms with Gasteiger partial charge in [0.25, 0.3) is 0 Å². The van der Waals surface area contributed by atoms with Crippen molar-refractivity contribution in [1.82, 2.24) is 4.72 Å². The van der Waals surface area contributed by atoms with Crippen LogP contribution >= 0.6 is 11.3 Å². The van der Waals surface area contributed by atoms with Crippen molar-refractivity contribution in [2.45, 2.75) is 55.1 Å². The van der Waals surface area contributed by atoms with Crippen LogP contribution in [0.1, 0.15) is 37.0 Å². The molecule has 1 aliphatic heterocycles. The highest BCUT2D eigenvalue weighted by atomic mass is 32.2. The standard InChI is InChI=1S/C14H21NO4S2/c1-11-5-6-13(20-11)21(16,17)15-9-12-10-18-14(19-12)7-3-2-4-8-14/h5-6,12,15H,2-4,7-10H2,1H3/t12-/m0/s1. The maximum absolute atomic E-state index is 12.2. The number of thiophene rings is 1. The fourth-order valence-corrected chi connectivity index (χ4v) is 5.29. The molecular formula is C14H21NO4S2. The van der Waals surface area contributed by atoms with Crippen molar-refractivity contribution in [3.05, 3.63) is 17.0 Å². The van der Waals surface area contributed by atoms with Gasteiger partial charge >= 0.3 is 0 Å². The van der Waals surface area contributed by atoms with Crippen molar-refractivity contribution in [2.24, 2.45) is 0 Å². The fraction of sp³-hybridized carbons (Fsp3) is 0.714. The predicted octanol–water partition coefficient (Wildman–Crippen LogP) is 2.41. The highest BCUT2D eigenvalue weighted by Gasteiger charge is 2.42. The Morgan fingerprint density at radius 3 is 2.76 bits per heavy atom. The van der Waals surface area contributed by atoms with Crippen LogP contribution in [0, 0.1) is 6.92 Å². The van der Waals surface area contributed by atoms with E-state index in [9.17, 15) is 8.42 Å². The number of hydrogen-bond acceptors (Lipinski definition) is 5. The molecule has 1 saturated heterocycles. The molecule has 5 nitrogen and oxygen atoms in total. The maximum atomic E-state index is 12.2. The topological polar surface area (TPSA) is 64.6 Å². The molecule has 3 rings (SSSR count). The zero-order valence-electron chi connectivity index (χ0n) is 12.1. The first-order chi connectivity index (χ1) is 9.99. The van der Waals surface area contributed by atoms with E-state index in [4.69, 9.17) is 9.47 Å². The molecule has 1 aliphatic carbocycles. The Bertz CT molecular complexity index is 590. The van der Waals surface area contributed by atoms with Gasteiger partial charge in [-0.2, -0.15) is 0 Å². The number of rotatable bonds is 4. The van der Waals surface area contributed by atoms with Crippen LogP contribution in [0.25, 0.3) is 0 Å². The van der Waals surface area contributed by atoms with E-state index in [1.807, 2.05) is 13.0 Å². The molecule has 7 heteroatoms. The van der Waals surface area contributed by atoms with Gasteiger partial charge in [-0.1, -0.05) is 6.42 Å². The van der Waals surface area contributed by atoms with E-state index < -0.39 is 15.8 Å². The van der Waals surface area contributed by atoms with E-state index >= 15 is 0 Å². The summed E-state index contributed by atoms with van der Waals surface area (Å²) in [5.74, 6) is -0.451. The molecule has 0 aromatic carbocycles. The van der Waals surface area contributed by atoms with E-state index in [1.165, 1.54) is 17.8 Å². The highest BCUT2D eigenvalue weighted by molar-refractivity contribution is 7.91. The summed E-state index contributed by atoms with van der Waals surface area (Å²) < 4.78 is 39.1. The monoisotopic (exact) mass is 331 g/mol. The van der Waals surface area contributed by atoms with Gasteiger partial charge < -0.3 is 9.47 Å². The average molecular weight is 331 g/mol. The van der Waals surface area contributed by atoms with Crippen molar-refractivity contribution in [2.75, 3.05) is 13.2 Å². The van der Waals surface area contributed by atoms with Gasteiger partial charge in [0, 0.05) is 24.3 Å². The van der Waals surface area contributed by atoms with Crippen molar-refractivity contribution in [3.8, 4) is 0 Å². The molecule has 2 heterocycles. The summed E-state index contributed by atoms with van der Waals surface area (Å²) in [6, 6.07) is 3.45.